The highest BCUT2D eigenvalue weighted by Gasteiger charge is 2.23. The van der Waals surface area contributed by atoms with E-state index in [0.29, 0.717) is 13.2 Å². The van der Waals surface area contributed by atoms with E-state index < -0.39 is 0 Å². The molecule has 0 unspecified atom stereocenters. The van der Waals surface area contributed by atoms with E-state index in [4.69, 9.17) is 14.2 Å². The molecule has 2 aliphatic heterocycles. The Morgan fingerprint density at radius 2 is 2.08 bits per heavy atom. The molecule has 2 aromatic rings. The number of aryl methyl sites for hydroxylation is 1. The first-order chi connectivity index (χ1) is 11.8. The zero-order chi connectivity index (χ0) is 16.4. The monoisotopic (exact) mass is 325 g/mol. The molecule has 24 heavy (non-hydrogen) atoms. The quantitative estimate of drug-likeness (QED) is 0.940. The molecule has 2 aromatic carbocycles. The highest BCUT2D eigenvalue weighted by molar-refractivity contribution is 5.72. The van der Waals surface area contributed by atoms with Crippen LogP contribution in [-0.2, 0) is 11.3 Å². The molecule has 0 amide bonds. The standard InChI is InChI=1S/C20H23NO3/c1-14-4-2-3-5-18(14)15-10-16-12-21-7-9-23-20(16)19(11-15)24-17-6-8-22-13-17/h2-5,10-11,17,21H,6-9,12-13H2,1H3/t17-/m0/s1. The fourth-order valence-corrected chi connectivity index (χ4v) is 3.33. The van der Waals surface area contributed by atoms with Gasteiger partial charge < -0.3 is 19.5 Å². The lowest BCUT2D eigenvalue weighted by Gasteiger charge is -2.19. The second-order valence-electron chi connectivity index (χ2n) is 6.41. The molecule has 2 aliphatic rings. The number of ether oxygens (including phenoxy) is 3. The molecular weight excluding hydrogens is 302 g/mol. The van der Waals surface area contributed by atoms with Crippen LogP contribution in [-0.4, -0.2) is 32.5 Å². The first kappa shape index (κ1) is 15.5. The number of fused-ring (bicyclic) bond motifs is 1. The van der Waals surface area contributed by atoms with Crippen LogP contribution in [0.25, 0.3) is 11.1 Å². The summed E-state index contributed by atoms with van der Waals surface area (Å²) in [6, 6.07) is 12.8. The van der Waals surface area contributed by atoms with Crippen LogP contribution in [0, 0.1) is 6.92 Å². The molecule has 0 saturated carbocycles. The number of hydrogen-bond acceptors (Lipinski definition) is 4. The molecule has 126 valence electrons. The van der Waals surface area contributed by atoms with Crippen molar-refractivity contribution in [1.29, 1.82) is 0 Å². The van der Waals surface area contributed by atoms with Crippen molar-refractivity contribution in [2.45, 2.75) is 26.0 Å². The van der Waals surface area contributed by atoms with Crippen molar-refractivity contribution in [2.24, 2.45) is 0 Å². The molecule has 1 atom stereocenters. The molecule has 4 nitrogen and oxygen atoms in total. The summed E-state index contributed by atoms with van der Waals surface area (Å²) < 4.78 is 17.7. The maximum absolute atomic E-state index is 6.25. The van der Waals surface area contributed by atoms with Crippen molar-refractivity contribution < 1.29 is 14.2 Å². The third-order valence-corrected chi connectivity index (χ3v) is 4.61. The largest absolute Gasteiger partial charge is 0.488 e. The molecule has 1 fully saturated rings. The van der Waals surface area contributed by atoms with E-state index >= 15 is 0 Å². The van der Waals surface area contributed by atoms with Gasteiger partial charge in [0.1, 0.15) is 12.7 Å². The van der Waals surface area contributed by atoms with Gasteiger partial charge in [-0.15, -0.1) is 0 Å². The zero-order valence-electron chi connectivity index (χ0n) is 14.0. The lowest BCUT2D eigenvalue weighted by molar-refractivity contribution is 0.137. The SMILES string of the molecule is Cc1ccccc1-c1cc2c(c(O[C@H]3CCOC3)c1)OCCNC2. The average Bonchev–Trinajstić information content (AvgIpc) is 2.98. The highest BCUT2D eigenvalue weighted by atomic mass is 16.6. The minimum atomic E-state index is 0.112. The zero-order valence-corrected chi connectivity index (χ0v) is 14.0. The number of hydrogen-bond donors (Lipinski definition) is 1. The predicted octanol–water partition coefficient (Wildman–Crippen LogP) is 3.31. The van der Waals surface area contributed by atoms with Crippen LogP contribution in [0.4, 0.5) is 0 Å². The first-order valence-corrected chi connectivity index (χ1v) is 8.62. The van der Waals surface area contributed by atoms with E-state index in [1.54, 1.807) is 0 Å². The van der Waals surface area contributed by atoms with Gasteiger partial charge in [-0.25, -0.2) is 0 Å². The molecule has 4 rings (SSSR count). The van der Waals surface area contributed by atoms with Gasteiger partial charge in [-0.05, 0) is 35.7 Å². The lowest BCUT2D eigenvalue weighted by Crippen LogP contribution is -2.17. The van der Waals surface area contributed by atoms with Gasteiger partial charge in [0.05, 0.1) is 13.2 Å². The average molecular weight is 325 g/mol. The van der Waals surface area contributed by atoms with Crippen LogP contribution in [0.1, 0.15) is 17.5 Å². The summed E-state index contributed by atoms with van der Waals surface area (Å²) in [6.45, 7) is 5.87. The van der Waals surface area contributed by atoms with Crippen LogP contribution in [0.2, 0.25) is 0 Å². The Hall–Kier alpha value is -2.04. The Balaban J connectivity index is 1.77. The summed E-state index contributed by atoms with van der Waals surface area (Å²) in [5, 5.41) is 3.41. The van der Waals surface area contributed by atoms with E-state index in [9.17, 15) is 0 Å². The van der Waals surface area contributed by atoms with E-state index in [1.807, 2.05) is 0 Å². The van der Waals surface area contributed by atoms with Gasteiger partial charge in [-0.1, -0.05) is 24.3 Å². The molecule has 0 aromatic heterocycles. The van der Waals surface area contributed by atoms with Crippen molar-refractivity contribution in [3.8, 4) is 22.6 Å². The summed E-state index contributed by atoms with van der Waals surface area (Å²) in [7, 11) is 0. The van der Waals surface area contributed by atoms with Crippen LogP contribution in [0.5, 0.6) is 11.5 Å². The second kappa shape index (κ2) is 6.83. The second-order valence-corrected chi connectivity index (χ2v) is 6.41. The van der Waals surface area contributed by atoms with Crippen LogP contribution < -0.4 is 14.8 Å². The summed E-state index contributed by atoms with van der Waals surface area (Å²) in [6.07, 6.45) is 1.04. The van der Waals surface area contributed by atoms with E-state index in [0.717, 1.165) is 43.2 Å². The van der Waals surface area contributed by atoms with Crippen molar-refractivity contribution in [2.75, 3.05) is 26.4 Å². The van der Waals surface area contributed by atoms with Crippen molar-refractivity contribution in [1.82, 2.24) is 5.32 Å². The smallest absolute Gasteiger partial charge is 0.165 e. The lowest BCUT2D eigenvalue weighted by atomic mass is 9.98. The number of rotatable bonds is 3. The molecule has 4 heteroatoms. The fourth-order valence-electron chi connectivity index (χ4n) is 3.33. The van der Waals surface area contributed by atoms with Crippen LogP contribution >= 0.6 is 0 Å². The van der Waals surface area contributed by atoms with Crippen molar-refractivity contribution in [3.63, 3.8) is 0 Å². The number of benzene rings is 2. The Morgan fingerprint density at radius 1 is 1.17 bits per heavy atom. The maximum atomic E-state index is 6.25. The van der Waals surface area contributed by atoms with Crippen LogP contribution in [0.3, 0.4) is 0 Å². The van der Waals surface area contributed by atoms with Crippen LogP contribution in [0.15, 0.2) is 36.4 Å². The minimum absolute atomic E-state index is 0.112. The van der Waals surface area contributed by atoms with Gasteiger partial charge in [0, 0.05) is 25.1 Å². The van der Waals surface area contributed by atoms with E-state index in [2.05, 4.69) is 48.6 Å². The molecule has 0 aliphatic carbocycles. The minimum Gasteiger partial charge on any atom is -0.488 e. The molecule has 1 saturated heterocycles. The Bertz CT molecular complexity index is 723. The van der Waals surface area contributed by atoms with Gasteiger partial charge in [-0.3, -0.25) is 0 Å². The molecule has 0 spiro atoms. The third-order valence-electron chi connectivity index (χ3n) is 4.61. The maximum Gasteiger partial charge on any atom is 0.165 e. The van der Waals surface area contributed by atoms with E-state index in [-0.39, 0.29) is 6.10 Å². The predicted molar refractivity (Wildman–Crippen MR) is 93.7 cm³/mol. The number of nitrogens with one attached hydrogen (secondary N) is 1. The Morgan fingerprint density at radius 3 is 2.92 bits per heavy atom. The normalized spacial score (nSPS) is 20.1. The van der Waals surface area contributed by atoms with Gasteiger partial charge >= 0.3 is 0 Å². The third kappa shape index (κ3) is 3.12. The van der Waals surface area contributed by atoms with Crippen molar-refractivity contribution >= 4 is 0 Å². The molecule has 0 radical (unpaired) electrons. The summed E-state index contributed by atoms with van der Waals surface area (Å²) in [5.74, 6) is 1.72. The van der Waals surface area contributed by atoms with Gasteiger partial charge in [0.15, 0.2) is 11.5 Å². The molecule has 0 bridgehead atoms. The molecular formula is C20H23NO3. The summed E-state index contributed by atoms with van der Waals surface area (Å²) >= 11 is 0. The summed E-state index contributed by atoms with van der Waals surface area (Å²) in [5.41, 5.74) is 4.82. The van der Waals surface area contributed by atoms with Gasteiger partial charge in [0.25, 0.3) is 0 Å². The molecule has 2 heterocycles. The molecule has 1 N–H and O–H groups in total. The Kier molecular flexibility index (Phi) is 4.41. The first-order valence-electron chi connectivity index (χ1n) is 8.62. The topological polar surface area (TPSA) is 39.7 Å². The van der Waals surface area contributed by atoms with Crippen molar-refractivity contribution in [3.05, 3.63) is 47.5 Å². The summed E-state index contributed by atoms with van der Waals surface area (Å²) in [4.78, 5) is 0. The highest BCUT2D eigenvalue weighted by Crippen LogP contribution is 2.39. The Labute approximate surface area is 142 Å². The van der Waals surface area contributed by atoms with Gasteiger partial charge in [0.2, 0.25) is 0 Å². The fraction of sp³-hybridized carbons (Fsp3) is 0.400. The van der Waals surface area contributed by atoms with Gasteiger partial charge in [-0.2, -0.15) is 0 Å². The van der Waals surface area contributed by atoms with E-state index in [1.165, 1.54) is 16.7 Å².